The molecule has 0 amide bonds. The van der Waals surface area contributed by atoms with Crippen LogP contribution < -0.4 is 4.74 Å². The molecule has 1 aromatic carbocycles. The molecule has 2 heterocycles. The van der Waals surface area contributed by atoms with E-state index in [0.717, 1.165) is 17.0 Å². The zero-order chi connectivity index (χ0) is 25.2. The van der Waals surface area contributed by atoms with Gasteiger partial charge >= 0.3 is 5.69 Å². The fourth-order valence-electron chi connectivity index (χ4n) is 3.16. The van der Waals surface area contributed by atoms with Crippen LogP contribution in [0, 0.1) is 10.1 Å². The Hall–Kier alpha value is -3.74. The van der Waals surface area contributed by atoms with Crippen LogP contribution in [-0.2, 0) is 13.6 Å². The van der Waals surface area contributed by atoms with E-state index in [-0.39, 0.29) is 23.6 Å². The number of aromatic nitrogens is 4. The number of rotatable bonds is 9. The molecule has 2 aromatic heterocycles. The highest BCUT2D eigenvalue weighted by Gasteiger charge is 2.28. The standard InChI is InChI=1S/C20H16ClF4N5O4/c1-28-9-12(30(32)33)16(26-28)13(31)5-3-10-4-6-14(34-2)11(7-10)8-29-18(20(24)25)15(21)17(27-29)19(22)23/h3-7,9,19-20H,8H2,1-2H3/b5-3+. The molecule has 0 saturated carbocycles. The van der Waals surface area contributed by atoms with Crippen molar-refractivity contribution < 1.29 is 32.0 Å². The van der Waals surface area contributed by atoms with Crippen molar-refractivity contribution in [3.05, 3.63) is 73.8 Å². The zero-order valence-electron chi connectivity index (χ0n) is 17.6. The minimum absolute atomic E-state index is 0.245. The number of carbonyl (C=O) groups is 1. The van der Waals surface area contributed by atoms with Gasteiger partial charge in [-0.15, -0.1) is 0 Å². The largest absolute Gasteiger partial charge is 0.496 e. The maximum absolute atomic E-state index is 13.5. The third-order valence-corrected chi connectivity index (χ3v) is 5.05. The van der Waals surface area contributed by atoms with Gasteiger partial charge in [-0.2, -0.15) is 10.2 Å². The van der Waals surface area contributed by atoms with E-state index in [1.165, 1.54) is 38.4 Å². The Morgan fingerprint density at radius 2 is 1.97 bits per heavy atom. The van der Waals surface area contributed by atoms with E-state index >= 15 is 0 Å². The first-order valence-electron chi connectivity index (χ1n) is 9.43. The van der Waals surface area contributed by atoms with Gasteiger partial charge in [0.05, 0.1) is 23.6 Å². The van der Waals surface area contributed by atoms with Crippen molar-refractivity contribution in [3.8, 4) is 5.75 Å². The molecule has 0 bridgehead atoms. The lowest BCUT2D eigenvalue weighted by Gasteiger charge is -2.12. The number of hydrogen-bond acceptors (Lipinski definition) is 6. The van der Waals surface area contributed by atoms with Crippen molar-refractivity contribution in [2.24, 2.45) is 7.05 Å². The molecule has 180 valence electrons. The molecule has 0 radical (unpaired) electrons. The van der Waals surface area contributed by atoms with Crippen LogP contribution in [-0.4, -0.2) is 37.4 Å². The Morgan fingerprint density at radius 1 is 1.26 bits per heavy atom. The van der Waals surface area contributed by atoms with E-state index in [1.54, 1.807) is 0 Å². The van der Waals surface area contributed by atoms with Gasteiger partial charge in [-0.25, -0.2) is 17.6 Å². The second-order valence-corrected chi connectivity index (χ2v) is 7.28. The van der Waals surface area contributed by atoms with Crippen LogP contribution in [0.15, 0.2) is 30.5 Å². The Kier molecular flexibility index (Phi) is 7.35. The van der Waals surface area contributed by atoms with Crippen molar-refractivity contribution in [2.75, 3.05) is 7.11 Å². The van der Waals surface area contributed by atoms with Gasteiger partial charge in [0, 0.05) is 12.6 Å². The summed E-state index contributed by atoms with van der Waals surface area (Å²) in [6, 6.07) is 4.47. The molecule has 0 aliphatic rings. The van der Waals surface area contributed by atoms with E-state index in [9.17, 15) is 32.5 Å². The van der Waals surface area contributed by atoms with Crippen LogP contribution in [0.1, 0.15) is 45.9 Å². The first-order valence-corrected chi connectivity index (χ1v) is 9.81. The zero-order valence-corrected chi connectivity index (χ0v) is 18.3. The summed E-state index contributed by atoms with van der Waals surface area (Å²) in [6.07, 6.45) is -2.82. The SMILES string of the molecule is COc1ccc(/C=C/C(=O)c2nn(C)cc2[N+](=O)[O-])cc1Cn1nc(C(F)F)c(Cl)c1C(F)F. The molecule has 0 unspecified atom stereocenters. The van der Waals surface area contributed by atoms with Crippen LogP contribution in [0.3, 0.4) is 0 Å². The molecule has 14 heteroatoms. The molecule has 0 fully saturated rings. The number of halogens is 5. The average Bonchev–Trinajstić information content (AvgIpc) is 3.32. The summed E-state index contributed by atoms with van der Waals surface area (Å²) in [5.74, 6) is -0.487. The van der Waals surface area contributed by atoms with E-state index in [2.05, 4.69) is 10.2 Å². The number of methoxy groups -OCH3 is 1. The predicted octanol–water partition coefficient (Wildman–Crippen LogP) is 5.01. The minimum Gasteiger partial charge on any atom is -0.496 e. The highest BCUT2D eigenvalue weighted by Crippen LogP contribution is 2.35. The van der Waals surface area contributed by atoms with Gasteiger partial charge in [-0.05, 0) is 23.8 Å². The number of carbonyl (C=O) groups excluding carboxylic acids is 1. The molecule has 0 spiro atoms. The van der Waals surface area contributed by atoms with Crippen molar-refractivity contribution in [1.29, 1.82) is 0 Å². The Bertz CT molecular complexity index is 1270. The summed E-state index contributed by atoms with van der Waals surface area (Å²) in [5.41, 5.74) is -1.97. The quantitative estimate of drug-likeness (QED) is 0.134. The lowest BCUT2D eigenvalue weighted by atomic mass is 10.1. The first-order chi connectivity index (χ1) is 16.0. The molecule has 0 atom stereocenters. The molecular weight excluding hydrogens is 486 g/mol. The molecule has 34 heavy (non-hydrogen) atoms. The summed E-state index contributed by atoms with van der Waals surface area (Å²) < 4.78 is 60.2. The van der Waals surface area contributed by atoms with E-state index in [0.29, 0.717) is 10.2 Å². The summed E-state index contributed by atoms with van der Waals surface area (Å²) in [4.78, 5) is 22.8. The molecule has 0 aliphatic heterocycles. The van der Waals surface area contributed by atoms with E-state index < -0.39 is 45.7 Å². The van der Waals surface area contributed by atoms with Crippen LogP contribution >= 0.6 is 11.6 Å². The maximum atomic E-state index is 13.5. The fraction of sp³-hybridized carbons (Fsp3) is 0.250. The van der Waals surface area contributed by atoms with Crippen molar-refractivity contribution >= 4 is 29.1 Å². The molecular formula is C20H16ClF4N5O4. The van der Waals surface area contributed by atoms with Crippen LogP contribution in [0.5, 0.6) is 5.75 Å². The second-order valence-electron chi connectivity index (χ2n) is 6.91. The maximum Gasteiger partial charge on any atom is 0.318 e. The highest BCUT2D eigenvalue weighted by molar-refractivity contribution is 6.32. The number of ether oxygens (including phenoxy) is 1. The first kappa shape index (κ1) is 24.9. The van der Waals surface area contributed by atoms with Gasteiger partial charge in [-0.1, -0.05) is 23.7 Å². The molecule has 3 rings (SSSR count). The summed E-state index contributed by atoms with van der Waals surface area (Å²) >= 11 is 5.69. The van der Waals surface area contributed by atoms with Crippen molar-refractivity contribution in [2.45, 2.75) is 19.4 Å². The number of alkyl halides is 4. The number of ketones is 1. The third kappa shape index (κ3) is 5.09. The fourth-order valence-corrected chi connectivity index (χ4v) is 3.46. The van der Waals surface area contributed by atoms with Crippen LogP contribution in [0.2, 0.25) is 5.02 Å². The lowest BCUT2D eigenvalue weighted by molar-refractivity contribution is -0.385. The summed E-state index contributed by atoms with van der Waals surface area (Å²) in [5, 5.41) is 17.6. The molecule has 9 nitrogen and oxygen atoms in total. The number of allylic oxidation sites excluding steroid dienone is 1. The highest BCUT2D eigenvalue weighted by atomic mass is 35.5. The second kappa shape index (κ2) is 10.0. The van der Waals surface area contributed by atoms with Gasteiger partial charge in [0.25, 0.3) is 12.9 Å². The Labute approximate surface area is 194 Å². The molecule has 0 aliphatic carbocycles. The number of aryl methyl sites for hydroxylation is 1. The monoisotopic (exact) mass is 501 g/mol. The van der Waals surface area contributed by atoms with Gasteiger partial charge in [0.15, 0.2) is 0 Å². The topological polar surface area (TPSA) is 105 Å². The molecule has 0 N–H and O–H groups in total. The normalized spacial score (nSPS) is 11.7. The van der Waals surface area contributed by atoms with Crippen LogP contribution in [0.25, 0.3) is 6.08 Å². The Balaban J connectivity index is 1.94. The van der Waals surface area contributed by atoms with Crippen molar-refractivity contribution in [3.63, 3.8) is 0 Å². The van der Waals surface area contributed by atoms with Crippen molar-refractivity contribution in [1.82, 2.24) is 19.6 Å². The van der Waals surface area contributed by atoms with Gasteiger partial charge in [0.1, 0.15) is 23.3 Å². The van der Waals surface area contributed by atoms with E-state index in [1.807, 2.05) is 0 Å². The van der Waals surface area contributed by atoms with E-state index in [4.69, 9.17) is 16.3 Å². The summed E-state index contributed by atoms with van der Waals surface area (Å²) in [7, 11) is 2.75. The third-order valence-electron chi connectivity index (χ3n) is 4.66. The number of hydrogen-bond donors (Lipinski definition) is 0. The smallest absolute Gasteiger partial charge is 0.318 e. The van der Waals surface area contributed by atoms with Crippen LogP contribution in [0.4, 0.5) is 23.2 Å². The number of benzene rings is 1. The minimum atomic E-state index is -3.16. The average molecular weight is 502 g/mol. The predicted molar refractivity (Wildman–Crippen MR) is 112 cm³/mol. The number of nitro groups is 1. The van der Waals surface area contributed by atoms with Gasteiger partial charge in [0.2, 0.25) is 11.5 Å². The van der Waals surface area contributed by atoms with Gasteiger partial charge < -0.3 is 4.74 Å². The molecule has 3 aromatic rings. The summed E-state index contributed by atoms with van der Waals surface area (Å²) in [6.45, 7) is -0.378. The Morgan fingerprint density at radius 3 is 2.56 bits per heavy atom. The number of nitrogens with zero attached hydrogens (tertiary/aromatic N) is 5. The van der Waals surface area contributed by atoms with Gasteiger partial charge in [-0.3, -0.25) is 24.3 Å². The lowest BCUT2D eigenvalue weighted by Crippen LogP contribution is -2.08. The molecule has 0 saturated heterocycles.